The predicted octanol–water partition coefficient (Wildman–Crippen LogP) is 1.72. The molecule has 4 nitrogen and oxygen atoms in total. The number of thioether (sulfide) groups is 1. The lowest BCUT2D eigenvalue weighted by Crippen LogP contribution is -2.17. The monoisotopic (exact) mass is 309 g/mol. The molecule has 0 aliphatic carbocycles. The Labute approximate surface area is 117 Å². The van der Waals surface area contributed by atoms with Gasteiger partial charge >= 0.3 is 0 Å². The minimum Gasteiger partial charge on any atom is -0.387 e. The van der Waals surface area contributed by atoms with Gasteiger partial charge in [0.1, 0.15) is 0 Å². The van der Waals surface area contributed by atoms with Crippen LogP contribution in [0.3, 0.4) is 0 Å². The molecule has 1 rings (SSSR count). The van der Waals surface area contributed by atoms with E-state index in [1.807, 2.05) is 0 Å². The topological polar surface area (TPSA) is 66.4 Å². The number of sulfone groups is 1. The smallest absolute Gasteiger partial charge is 0.176 e. The minimum atomic E-state index is -3.38. The maximum absolute atomic E-state index is 11.7. The zero-order valence-electron chi connectivity index (χ0n) is 10.4. The maximum atomic E-state index is 11.7. The summed E-state index contributed by atoms with van der Waals surface area (Å²) in [5.74, 6) is 0. The zero-order chi connectivity index (χ0) is 13.9. The van der Waals surface area contributed by atoms with Crippen LogP contribution in [0.1, 0.15) is 11.7 Å². The Kier molecular flexibility index (Phi) is 5.48. The molecule has 0 radical (unpaired) electrons. The van der Waals surface area contributed by atoms with E-state index in [9.17, 15) is 13.5 Å². The average molecular weight is 310 g/mol. The number of nitrogens with one attached hydrogen (secondary N) is 1. The SMILES string of the molecule is CNCC(O)c1cc(Cl)c(SC)c(S(C)(=O)=O)c1. The first-order valence-corrected chi connectivity index (χ1v) is 8.70. The molecule has 1 aromatic rings. The van der Waals surface area contributed by atoms with Crippen molar-refractivity contribution in [2.75, 3.05) is 26.1 Å². The highest BCUT2D eigenvalue weighted by Gasteiger charge is 2.19. The summed E-state index contributed by atoms with van der Waals surface area (Å²) in [7, 11) is -1.67. The Morgan fingerprint density at radius 1 is 1.50 bits per heavy atom. The lowest BCUT2D eigenvalue weighted by molar-refractivity contribution is 0.177. The van der Waals surface area contributed by atoms with Crippen molar-refractivity contribution in [3.63, 3.8) is 0 Å². The van der Waals surface area contributed by atoms with Gasteiger partial charge in [-0.05, 0) is 31.0 Å². The number of hydrogen-bond donors (Lipinski definition) is 2. The quantitative estimate of drug-likeness (QED) is 0.811. The highest BCUT2D eigenvalue weighted by Crippen LogP contribution is 2.34. The lowest BCUT2D eigenvalue weighted by atomic mass is 10.1. The lowest BCUT2D eigenvalue weighted by Gasteiger charge is -2.15. The minimum absolute atomic E-state index is 0.160. The summed E-state index contributed by atoms with van der Waals surface area (Å²) in [5, 5.41) is 13.0. The molecule has 0 saturated heterocycles. The fourth-order valence-corrected chi connectivity index (χ4v) is 4.10. The van der Waals surface area contributed by atoms with Crippen LogP contribution in [0.25, 0.3) is 0 Å². The van der Waals surface area contributed by atoms with E-state index >= 15 is 0 Å². The zero-order valence-corrected chi connectivity index (χ0v) is 12.8. The molecule has 1 atom stereocenters. The van der Waals surface area contributed by atoms with Gasteiger partial charge in [-0.25, -0.2) is 8.42 Å². The van der Waals surface area contributed by atoms with Crippen LogP contribution in [-0.2, 0) is 9.84 Å². The Morgan fingerprint density at radius 3 is 2.56 bits per heavy atom. The van der Waals surface area contributed by atoms with Gasteiger partial charge in [0.15, 0.2) is 9.84 Å². The normalized spacial score (nSPS) is 13.6. The van der Waals surface area contributed by atoms with E-state index in [4.69, 9.17) is 11.6 Å². The third kappa shape index (κ3) is 3.61. The number of hydrogen-bond acceptors (Lipinski definition) is 5. The molecular weight excluding hydrogens is 294 g/mol. The third-order valence-electron chi connectivity index (χ3n) is 2.42. The van der Waals surface area contributed by atoms with E-state index in [0.29, 0.717) is 22.0 Å². The predicted molar refractivity (Wildman–Crippen MR) is 75.2 cm³/mol. The van der Waals surface area contributed by atoms with E-state index in [1.54, 1.807) is 19.4 Å². The number of likely N-dealkylation sites (N-methyl/N-ethyl adjacent to an activating group) is 1. The molecule has 18 heavy (non-hydrogen) atoms. The van der Waals surface area contributed by atoms with Gasteiger partial charge in [-0.15, -0.1) is 11.8 Å². The number of aliphatic hydroxyl groups excluding tert-OH is 1. The van der Waals surface area contributed by atoms with Crippen LogP contribution >= 0.6 is 23.4 Å². The number of aliphatic hydroxyl groups is 1. The standard InChI is InChI=1S/C11H16ClNO3S2/c1-13-6-9(14)7-4-8(12)11(17-2)10(5-7)18(3,15)16/h4-5,9,13-14H,6H2,1-3H3. The molecule has 0 spiro atoms. The van der Waals surface area contributed by atoms with Crippen LogP contribution in [-0.4, -0.2) is 39.6 Å². The van der Waals surface area contributed by atoms with Gasteiger partial charge in [0.05, 0.1) is 16.0 Å². The molecule has 0 amide bonds. The summed E-state index contributed by atoms with van der Waals surface area (Å²) < 4.78 is 23.5. The first-order valence-electron chi connectivity index (χ1n) is 5.21. The van der Waals surface area contributed by atoms with Crippen LogP contribution < -0.4 is 5.32 Å². The van der Waals surface area contributed by atoms with Gasteiger partial charge in [0, 0.05) is 17.7 Å². The van der Waals surface area contributed by atoms with Crippen molar-refractivity contribution in [3.8, 4) is 0 Å². The number of benzene rings is 1. The van der Waals surface area contributed by atoms with Gasteiger partial charge in [0.25, 0.3) is 0 Å². The molecule has 0 aliphatic rings. The van der Waals surface area contributed by atoms with E-state index in [1.165, 1.54) is 17.8 Å². The third-order valence-corrected chi connectivity index (χ3v) is 4.93. The van der Waals surface area contributed by atoms with Crippen molar-refractivity contribution >= 4 is 33.2 Å². The molecule has 0 aliphatic heterocycles. The summed E-state index contributed by atoms with van der Waals surface area (Å²) in [6, 6.07) is 3.08. The van der Waals surface area contributed by atoms with Crippen molar-refractivity contribution in [2.24, 2.45) is 0 Å². The first-order chi connectivity index (χ1) is 8.31. The van der Waals surface area contributed by atoms with Gasteiger partial charge in [-0.2, -0.15) is 0 Å². The Morgan fingerprint density at radius 2 is 2.11 bits per heavy atom. The van der Waals surface area contributed by atoms with Gasteiger partial charge in [0.2, 0.25) is 0 Å². The summed E-state index contributed by atoms with van der Waals surface area (Å²) in [6.45, 7) is 0.331. The van der Waals surface area contributed by atoms with Crippen molar-refractivity contribution in [1.82, 2.24) is 5.32 Å². The highest BCUT2D eigenvalue weighted by molar-refractivity contribution is 7.99. The molecular formula is C11H16ClNO3S2. The molecule has 1 unspecified atom stereocenters. The fraction of sp³-hybridized carbons (Fsp3) is 0.455. The van der Waals surface area contributed by atoms with Crippen LogP contribution in [0, 0.1) is 0 Å². The van der Waals surface area contributed by atoms with E-state index in [-0.39, 0.29) is 4.90 Å². The Balaban J connectivity index is 3.40. The summed E-state index contributed by atoms with van der Waals surface area (Å²) in [4.78, 5) is 0.673. The largest absolute Gasteiger partial charge is 0.387 e. The molecule has 0 heterocycles. The molecule has 7 heteroatoms. The van der Waals surface area contributed by atoms with Crippen molar-refractivity contribution in [2.45, 2.75) is 15.9 Å². The van der Waals surface area contributed by atoms with Crippen LogP contribution in [0.5, 0.6) is 0 Å². The Hall–Kier alpha value is -0.270. The van der Waals surface area contributed by atoms with Crippen molar-refractivity contribution in [1.29, 1.82) is 0 Å². The second-order valence-electron chi connectivity index (χ2n) is 3.88. The van der Waals surface area contributed by atoms with Gasteiger partial charge in [-0.1, -0.05) is 11.6 Å². The molecule has 2 N–H and O–H groups in total. The first kappa shape index (κ1) is 15.8. The maximum Gasteiger partial charge on any atom is 0.176 e. The van der Waals surface area contributed by atoms with E-state index in [2.05, 4.69) is 5.32 Å². The summed E-state index contributed by atoms with van der Waals surface area (Å²) in [6.07, 6.45) is 2.11. The van der Waals surface area contributed by atoms with Gasteiger partial charge in [-0.3, -0.25) is 0 Å². The van der Waals surface area contributed by atoms with Crippen LogP contribution in [0.15, 0.2) is 21.9 Å². The number of halogens is 1. The fourth-order valence-electron chi connectivity index (χ4n) is 1.57. The molecule has 0 fully saturated rings. The van der Waals surface area contributed by atoms with Gasteiger partial charge < -0.3 is 10.4 Å². The molecule has 1 aromatic carbocycles. The summed E-state index contributed by atoms with van der Waals surface area (Å²) >= 11 is 7.34. The summed E-state index contributed by atoms with van der Waals surface area (Å²) in [5.41, 5.74) is 0.493. The van der Waals surface area contributed by atoms with E-state index < -0.39 is 15.9 Å². The molecule has 0 saturated carbocycles. The van der Waals surface area contributed by atoms with Crippen molar-refractivity contribution < 1.29 is 13.5 Å². The average Bonchev–Trinajstić information content (AvgIpc) is 2.27. The highest BCUT2D eigenvalue weighted by atomic mass is 35.5. The molecule has 0 bridgehead atoms. The number of rotatable bonds is 5. The molecule has 0 aromatic heterocycles. The van der Waals surface area contributed by atoms with Crippen molar-refractivity contribution in [3.05, 3.63) is 22.7 Å². The van der Waals surface area contributed by atoms with Crippen LogP contribution in [0.2, 0.25) is 5.02 Å². The van der Waals surface area contributed by atoms with Crippen LogP contribution in [0.4, 0.5) is 0 Å². The molecule has 102 valence electrons. The Bertz CT molecular complexity index is 531. The van der Waals surface area contributed by atoms with E-state index in [0.717, 1.165) is 6.26 Å². The second-order valence-corrected chi connectivity index (χ2v) is 7.09. The second kappa shape index (κ2) is 6.25.